The number of pyridine rings is 1. The van der Waals surface area contributed by atoms with E-state index in [9.17, 15) is 4.79 Å². The van der Waals surface area contributed by atoms with Gasteiger partial charge in [0.1, 0.15) is 6.61 Å². The van der Waals surface area contributed by atoms with Crippen molar-refractivity contribution in [3.63, 3.8) is 0 Å². The number of rotatable bonds is 5. The van der Waals surface area contributed by atoms with Gasteiger partial charge in [-0.25, -0.2) is 9.97 Å². The molecule has 3 rings (SSSR count). The summed E-state index contributed by atoms with van der Waals surface area (Å²) in [5.41, 5.74) is 0.791. The number of nitrogens with zero attached hydrogens (tertiary/aromatic N) is 5. The van der Waals surface area contributed by atoms with Crippen LogP contribution < -0.4 is 14.5 Å². The summed E-state index contributed by atoms with van der Waals surface area (Å²) in [6, 6.07) is 3.56. The number of carbonyl (C=O) groups is 1. The predicted octanol–water partition coefficient (Wildman–Crippen LogP) is 0.941. The average Bonchev–Trinajstić information content (AvgIpc) is 3.04. The molecule has 0 aromatic carbocycles. The molecule has 1 aliphatic heterocycles. The van der Waals surface area contributed by atoms with Crippen molar-refractivity contribution in [1.29, 1.82) is 0 Å². The third kappa shape index (κ3) is 3.40. The van der Waals surface area contributed by atoms with Gasteiger partial charge < -0.3 is 19.3 Å². The Morgan fingerprint density at radius 1 is 1.35 bits per heavy atom. The largest absolute Gasteiger partial charge is 0.481 e. The first kappa shape index (κ1) is 15.6. The van der Waals surface area contributed by atoms with Crippen LogP contribution in [0.4, 0.5) is 10.8 Å². The minimum Gasteiger partial charge on any atom is -0.481 e. The Kier molecular flexibility index (Phi) is 4.68. The summed E-state index contributed by atoms with van der Waals surface area (Å²) in [6.45, 7) is 1.91. The van der Waals surface area contributed by atoms with Crippen LogP contribution in [0.15, 0.2) is 18.3 Å². The molecule has 8 nitrogen and oxygen atoms in total. The van der Waals surface area contributed by atoms with Gasteiger partial charge in [0.05, 0.1) is 19.3 Å². The maximum Gasteiger partial charge on any atom is 0.246 e. The minimum absolute atomic E-state index is 0.00740. The van der Waals surface area contributed by atoms with Gasteiger partial charge >= 0.3 is 0 Å². The molecule has 1 aliphatic rings. The lowest BCUT2D eigenvalue weighted by atomic mass is 10.2. The maximum absolute atomic E-state index is 12.5. The molecule has 23 heavy (non-hydrogen) atoms. The molecule has 1 amide bonds. The van der Waals surface area contributed by atoms with E-state index in [2.05, 4.69) is 14.3 Å². The number of carbonyl (C=O) groups excluding carboxylic acids is 1. The minimum atomic E-state index is 0.00740. The number of piperazine rings is 1. The topological polar surface area (TPSA) is 80.7 Å². The normalized spacial score (nSPS) is 15.1. The van der Waals surface area contributed by atoms with Crippen molar-refractivity contribution in [1.82, 2.24) is 14.3 Å². The van der Waals surface area contributed by atoms with Crippen LogP contribution in [0.5, 0.6) is 5.88 Å². The van der Waals surface area contributed by atoms with E-state index in [0.29, 0.717) is 31.4 Å². The lowest BCUT2D eigenvalue weighted by Crippen LogP contribution is -2.50. The zero-order valence-corrected chi connectivity index (χ0v) is 13.7. The van der Waals surface area contributed by atoms with Crippen LogP contribution in [-0.4, -0.2) is 54.1 Å². The third-order valence-corrected chi connectivity index (χ3v) is 4.28. The van der Waals surface area contributed by atoms with Crippen LogP contribution in [0.25, 0.3) is 0 Å². The van der Waals surface area contributed by atoms with E-state index in [0.717, 1.165) is 10.8 Å². The first-order chi connectivity index (χ1) is 11.2. The summed E-state index contributed by atoms with van der Waals surface area (Å²) >= 11 is 1.29. The van der Waals surface area contributed by atoms with E-state index in [-0.39, 0.29) is 12.5 Å². The Labute approximate surface area is 137 Å². The second-order valence-corrected chi connectivity index (χ2v) is 5.68. The fraction of sp³-hybridized carbons (Fsp3) is 0.429. The van der Waals surface area contributed by atoms with Crippen molar-refractivity contribution in [3.05, 3.63) is 24.2 Å². The number of hydrogen-bond donors (Lipinski definition) is 0. The Morgan fingerprint density at radius 3 is 2.96 bits per heavy atom. The number of ether oxygens (including phenoxy) is 2. The maximum atomic E-state index is 12.5. The monoisotopic (exact) mass is 335 g/mol. The molecule has 9 heteroatoms. The fourth-order valence-electron chi connectivity index (χ4n) is 2.35. The molecule has 0 atom stereocenters. The van der Waals surface area contributed by atoms with Crippen molar-refractivity contribution >= 4 is 28.3 Å². The fourth-order valence-corrected chi connectivity index (χ4v) is 3.05. The molecule has 3 heterocycles. The number of hydrogen-bond acceptors (Lipinski definition) is 8. The number of aromatic nitrogens is 3. The van der Waals surface area contributed by atoms with Gasteiger partial charge in [-0.1, -0.05) is 0 Å². The summed E-state index contributed by atoms with van der Waals surface area (Å²) in [5, 5.41) is 0.748. The van der Waals surface area contributed by atoms with Gasteiger partial charge in [-0.2, -0.15) is 4.37 Å². The first-order valence-corrected chi connectivity index (χ1v) is 7.85. The summed E-state index contributed by atoms with van der Waals surface area (Å²) in [4.78, 5) is 24.6. The van der Waals surface area contributed by atoms with E-state index in [1.54, 1.807) is 37.4 Å². The van der Waals surface area contributed by atoms with Crippen LogP contribution in [0, 0.1) is 0 Å². The third-order valence-electron chi connectivity index (χ3n) is 3.46. The van der Waals surface area contributed by atoms with E-state index in [4.69, 9.17) is 9.47 Å². The van der Waals surface area contributed by atoms with E-state index in [1.165, 1.54) is 11.5 Å². The Balaban J connectivity index is 1.70. The van der Waals surface area contributed by atoms with Crippen molar-refractivity contribution in [2.75, 3.05) is 43.7 Å². The molecule has 0 saturated carbocycles. The Bertz CT molecular complexity index is 693. The molecule has 2 aromatic heterocycles. The highest BCUT2D eigenvalue weighted by atomic mass is 32.1. The molecule has 0 aliphatic carbocycles. The molecule has 0 unspecified atom stereocenters. The van der Waals surface area contributed by atoms with Crippen LogP contribution in [0.3, 0.4) is 0 Å². The highest BCUT2D eigenvalue weighted by Crippen LogP contribution is 2.24. The summed E-state index contributed by atoms with van der Waals surface area (Å²) in [6.07, 6.45) is 1.63. The molecule has 1 saturated heterocycles. The second-order valence-electron chi connectivity index (χ2n) is 4.95. The van der Waals surface area contributed by atoms with Gasteiger partial charge in [0.25, 0.3) is 0 Å². The molecule has 1 fully saturated rings. The summed E-state index contributed by atoms with van der Waals surface area (Å²) in [7, 11) is 3.16. The van der Waals surface area contributed by atoms with Gasteiger partial charge in [0.2, 0.25) is 16.9 Å². The van der Waals surface area contributed by atoms with E-state index < -0.39 is 0 Å². The van der Waals surface area contributed by atoms with Gasteiger partial charge in [-0.3, -0.25) is 4.79 Å². The predicted molar refractivity (Wildman–Crippen MR) is 86.0 cm³/mol. The van der Waals surface area contributed by atoms with E-state index in [1.807, 2.05) is 4.90 Å². The van der Waals surface area contributed by atoms with Crippen molar-refractivity contribution < 1.29 is 14.3 Å². The van der Waals surface area contributed by atoms with E-state index >= 15 is 0 Å². The molecular weight excluding hydrogens is 318 g/mol. The van der Waals surface area contributed by atoms with Crippen molar-refractivity contribution in [2.45, 2.75) is 6.61 Å². The lowest BCUT2D eigenvalue weighted by molar-refractivity contribution is -0.117. The van der Waals surface area contributed by atoms with Crippen LogP contribution in [0.1, 0.15) is 5.82 Å². The van der Waals surface area contributed by atoms with Gasteiger partial charge in [0, 0.05) is 44.0 Å². The molecule has 0 spiro atoms. The van der Waals surface area contributed by atoms with Crippen LogP contribution in [0.2, 0.25) is 0 Å². The zero-order chi connectivity index (χ0) is 16.2. The Morgan fingerprint density at radius 2 is 2.22 bits per heavy atom. The van der Waals surface area contributed by atoms with Gasteiger partial charge in [-0.05, 0) is 6.07 Å². The lowest BCUT2D eigenvalue weighted by Gasteiger charge is -2.33. The quantitative estimate of drug-likeness (QED) is 0.804. The summed E-state index contributed by atoms with van der Waals surface area (Å²) < 4.78 is 14.3. The van der Waals surface area contributed by atoms with Gasteiger partial charge in [0.15, 0.2) is 5.82 Å². The smallest absolute Gasteiger partial charge is 0.246 e. The highest BCUT2D eigenvalue weighted by Gasteiger charge is 2.27. The average molecular weight is 335 g/mol. The summed E-state index contributed by atoms with van der Waals surface area (Å²) in [5.74, 6) is 1.14. The van der Waals surface area contributed by atoms with Crippen molar-refractivity contribution in [3.8, 4) is 5.88 Å². The van der Waals surface area contributed by atoms with Gasteiger partial charge in [-0.15, -0.1) is 0 Å². The zero-order valence-electron chi connectivity index (χ0n) is 12.9. The molecule has 2 aromatic rings. The highest BCUT2D eigenvalue weighted by molar-refractivity contribution is 7.09. The number of methoxy groups -OCH3 is 2. The molecular formula is C14H17N5O3S. The molecule has 122 valence electrons. The van der Waals surface area contributed by atoms with Crippen molar-refractivity contribution in [2.24, 2.45) is 0 Å². The standard InChI is InChI=1S/C14H17N5O3S/c1-21-9-11-16-14(23-17-11)18-5-6-19(13(20)8-18)10-3-4-15-12(7-10)22-2/h3-4,7H,5-6,8-9H2,1-2H3. The number of anilines is 2. The SMILES string of the molecule is COCc1nsc(N2CCN(c3ccnc(OC)c3)C(=O)C2)n1. The van der Waals surface area contributed by atoms with Crippen LogP contribution >= 0.6 is 11.5 Å². The first-order valence-electron chi connectivity index (χ1n) is 7.08. The molecule has 0 N–H and O–H groups in total. The second kappa shape index (κ2) is 6.88. The number of amides is 1. The van der Waals surface area contributed by atoms with Crippen LogP contribution in [-0.2, 0) is 16.1 Å². The Hall–Kier alpha value is -2.26. The molecule has 0 bridgehead atoms. The molecule has 0 radical (unpaired) electrons.